The molecule has 0 bridgehead atoms. The normalized spacial score (nSPS) is 29.2. The van der Waals surface area contributed by atoms with Crippen LogP contribution in [0.5, 0.6) is 5.75 Å². The maximum atomic E-state index is 12.3. The van der Waals surface area contributed by atoms with Crippen LogP contribution in [0.3, 0.4) is 0 Å². The number of piperidine rings is 1. The van der Waals surface area contributed by atoms with Crippen LogP contribution in [0, 0.1) is 6.92 Å². The van der Waals surface area contributed by atoms with Gasteiger partial charge >= 0.3 is 5.97 Å². The molecule has 2 heterocycles. The van der Waals surface area contributed by atoms with Crippen molar-refractivity contribution in [3.8, 4) is 5.75 Å². The summed E-state index contributed by atoms with van der Waals surface area (Å²) in [4.78, 5) is 28.6. The maximum absolute atomic E-state index is 12.3. The Hall–Kier alpha value is -2.64. The molecule has 4 N–H and O–H groups in total. The summed E-state index contributed by atoms with van der Waals surface area (Å²) in [5.74, 6) is -1.15. The highest BCUT2D eigenvalue weighted by Crippen LogP contribution is 2.53. The Kier molecular flexibility index (Phi) is 4.36. The van der Waals surface area contributed by atoms with Crippen molar-refractivity contribution in [1.82, 2.24) is 9.88 Å². The molecule has 0 amide bonds. The summed E-state index contributed by atoms with van der Waals surface area (Å²) in [6.07, 6.45) is 1.24. The van der Waals surface area contributed by atoms with Crippen LogP contribution in [0.1, 0.15) is 46.1 Å². The monoisotopic (exact) mass is 398 g/mol. The number of aromatic carboxylic acids is 1. The third-order valence-corrected chi connectivity index (χ3v) is 7.19. The second-order valence-corrected chi connectivity index (χ2v) is 8.59. The van der Waals surface area contributed by atoms with E-state index >= 15 is 0 Å². The number of benzene rings is 1. The summed E-state index contributed by atoms with van der Waals surface area (Å²) in [6, 6.07) is 6.38. The summed E-state index contributed by atoms with van der Waals surface area (Å²) in [5, 5.41) is 31.6. The third kappa shape index (κ3) is 2.72. The van der Waals surface area contributed by atoms with Crippen molar-refractivity contribution in [2.24, 2.45) is 0 Å². The lowest BCUT2D eigenvalue weighted by atomic mass is 9.53. The first-order chi connectivity index (χ1) is 13.6. The van der Waals surface area contributed by atoms with E-state index in [4.69, 9.17) is 0 Å². The topological polar surface area (TPSA) is 114 Å². The van der Waals surface area contributed by atoms with Crippen LogP contribution in [0.25, 0.3) is 0 Å². The summed E-state index contributed by atoms with van der Waals surface area (Å²) in [7, 11) is 1.97. The number of nitrogens with one attached hydrogen (secondary N) is 1. The number of hydrogen-bond donors (Lipinski definition) is 4. The fraction of sp³-hybridized carbons (Fsp3) is 0.455. The number of aromatic hydroxyl groups is 1. The molecule has 1 aliphatic heterocycles. The van der Waals surface area contributed by atoms with Gasteiger partial charge in [-0.25, -0.2) is 4.79 Å². The second-order valence-electron chi connectivity index (χ2n) is 8.59. The zero-order valence-corrected chi connectivity index (χ0v) is 16.8. The molecule has 154 valence electrons. The lowest BCUT2D eigenvalue weighted by Crippen LogP contribution is -2.70. The van der Waals surface area contributed by atoms with Gasteiger partial charge in [0.05, 0.1) is 5.60 Å². The molecule has 2 aliphatic rings. The van der Waals surface area contributed by atoms with E-state index in [1.54, 1.807) is 12.1 Å². The molecular weight excluding hydrogens is 372 g/mol. The van der Waals surface area contributed by atoms with E-state index in [0.29, 0.717) is 24.1 Å². The van der Waals surface area contributed by atoms with E-state index in [1.165, 1.54) is 6.07 Å². The number of aliphatic hydroxyl groups is 1. The smallest absolute Gasteiger partial charge is 0.341 e. The van der Waals surface area contributed by atoms with Crippen molar-refractivity contribution in [2.45, 2.75) is 50.2 Å². The van der Waals surface area contributed by atoms with Gasteiger partial charge in [-0.05, 0) is 68.8 Å². The van der Waals surface area contributed by atoms with E-state index in [9.17, 15) is 24.9 Å². The van der Waals surface area contributed by atoms with Crippen molar-refractivity contribution >= 4 is 5.97 Å². The van der Waals surface area contributed by atoms with Gasteiger partial charge in [0.2, 0.25) is 0 Å². The first kappa shape index (κ1) is 19.7. The molecule has 1 saturated heterocycles. The fourth-order valence-electron chi connectivity index (χ4n) is 5.37. The minimum absolute atomic E-state index is 0.134. The highest BCUT2D eigenvalue weighted by Gasteiger charge is 2.60. The molecule has 0 spiro atoms. The number of hydrogen-bond acceptors (Lipinski definition) is 5. The van der Waals surface area contributed by atoms with Crippen LogP contribution in [0.4, 0.5) is 0 Å². The van der Waals surface area contributed by atoms with Gasteiger partial charge in [-0.1, -0.05) is 6.07 Å². The molecular formula is C22H26N2O5. The van der Waals surface area contributed by atoms with E-state index in [-0.39, 0.29) is 23.8 Å². The Morgan fingerprint density at radius 1 is 1.28 bits per heavy atom. The number of carboxylic acids is 1. The predicted molar refractivity (Wildman–Crippen MR) is 108 cm³/mol. The quantitative estimate of drug-likeness (QED) is 0.611. The SMILES string of the molecule is Cc1ccc(O)cc1[C@]12CCN(C)[C@H](C)[C@]1(O)Cc1cc(C(=O)O)c(=O)[nH]c1C2. The molecule has 1 fully saturated rings. The molecule has 0 unspecified atom stereocenters. The third-order valence-electron chi connectivity index (χ3n) is 7.19. The van der Waals surface area contributed by atoms with Crippen molar-refractivity contribution < 1.29 is 20.1 Å². The number of nitrogens with zero attached hydrogens (tertiary/aromatic N) is 1. The number of rotatable bonds is 2. The Balaban J connectivity index is 1.98. The molecule has 0 saturated carbocycles. The van der Waals surface area contributed by atoms with Crippen LogP contribution in [-0.2, 0) is 18.3 Å². The molecule has 4 rings (SSSR count). The summed E-state index contributed by atoms with van der Waals surface area (Å²) in [6.45, 7) is 4.69. The van der Waals surface area contributed by atoms with Gasteiger partial charge in [0.1, 0.15) is 11.3 Å². The van der Waals surface area contributed by atoms with Gasteiger partial charge < -0.3 is 25.2 Å². The zero-order chi connectivity index (χ0) is 21.1. The van der Waals surface area contributed by atoms with Crippen molar-refractivity contribution in [3.63, 3.8) is 0 Å². The summed E-state index contributed by atoms with van der Waals surface area (Å²) >= 11 is 0. The number of aryl methyl sites for hydroxylation is 1. The average molecular weight is 398 g/mol. The van der Waals surface area contributed by atoms with Crippen LogP contribution < -0.4 is 5.56 Å². The highest BCUT2D eigenvalue weighted by atomic mass is 16.4. The second kappa shape index (κ2) is 6.43. The van der Waals surface area contributed by atoms with E-state index in [0.717, 1.165) is 17.7 Å². The number of carboxylic acid groups (broad SMARTS) is 1. The number of pyridine rings is 1. The lowest BCUT2D eigenvalue weighted by molar-refractivity contribution is -0.132. The van der Waals surface area contributed by atoms with Gasteiger partial charge in [-0.15, -0.1) is 0 Å². The molecule has 2 aromatic rings. The van der Waals surface area contributed by atoms with Gasteiger partial charge in [0.15, 0.2) is 0 Å². The van der Waals surface area contributed by atoms with Crippen LogP contribution in [0.2, 0.25) is 0 Å². The number of likely N-dealkylation sites (tertiary alicyclic amines) is 1. The number of aromatic nitrogens is 1. The van der Waals surface area contributed by atoms with Crippen molar-refractivity contribution in [3.05, 3.63) is 62.6 Å². The van der Waals surface area contributed by atoms with Gasteiger partial charge in [-0.2, -0.15) is 0 Å². The summed E-state index contributed by atoms with van der Waals surface area (Å²) in [5.41, 5.74) is 0.293. The number of phenolic OH excluding ortho intramolecular Hbond substituents is 1. The number of H-pyrrole nitrogens is 1. The maximum Gasteiger partial charge on any atom is 0.341 e. The Bertz CT molecular complexity index is 1060. The lowest BCUT2D eigenvalue weighted by Gasteiger charge is -2.59. The summed E-state index contributed by atoms with van der Waals surface area (Å²) < 4.78 is 0. The molecule has 7 nitrogen and oxygen atoms in total. The predicted octanol–water partition coefficient (Wildman–Crippen LogP) is 1.58. The zero-order valence-electron chi connectivity index (χ0n) is 16.8. The fourth-order valence-corrected chi connectivity index (χ4v) is 5.37. The van der Waals surface area contributed by atoms with Gasteiger partial charge in [0, 0.05) is 30.0 Å². The Morgan fingerprint density at radius 3 is 2.69 bits per heavy atom. The number of carbonyl (C=O) groups is 1. The van der Waals surface area contributed by atoms with E-state index in [2.05, 4.69) is 9.88 Å². The first-order valence-electron chi connectivity index (χ1n) is 9.80. The Labute approximate surface area is 168 Å². The van der Waals surface area contributed by atoms with Crippen LogP contribution in [0.15, 0.2) is 29.1 Å². The van der Waals surface area contributed by atoms with Gasteiger partial charge in [0.25, 0.3) is 5.56 Å². The number of phenols is 1. The molecule has 7 heteroatoms. The van der Waals surface area contributed by atoms with E-state index < -0.39 is 22.5 Å². The van der Waals surface area contributed by atoms with Crippen molar-refractivity contribution in [2.75, 3.05) is 13.6 Å². The molecule has 1 aromatic heterocycles. The van der Waals surface area contributed by atoms with Crippen LogP contribution in [-0.4, -0.2) is 56.4 Å². The first-order valence-corrected chi connectivity index (χ1v) is 9.80. The highest BCUT2D eigenvalue weighted by molar-refractivity contribution is 5.87. The molecule has 3 atom stereocenters. The number of aromatic amines is 1. The molecule has 1 aromatic carbocycles. The Morgan fingerprint density at radius 2 is 2.00 bits per heavy atom. The minimum atomic E-state index is -1.28. The van der Waals surface area contributed by atoms with Gasteiger partial charge in [-0.3, -0.25) is 4.79 Å². The van der Waals surface area contributed by atoms with E-state index in [1.807, 2.05) is 27.0 Å². The van der Waals surface area contributed by atoms with Crippen molar-refractivity contribution in [1.29, 1.82) is 0 Å². The standard InChI is InChI=1S/C22H26N2O5/c1-12-4-5-15(25)9-17(12)21-6-7-24(3)13(2)22(21,29)10-14-8-16(20(27)28)19(26)23-18(14)11-21/h4-5,8-9,13,25,29H,6-7,10-11H2,1-3H3,(H,23,26)(H,27,28)/t13-,21-,22-/m1/s1. The largest absolute Gasteiger partial charge is 0.508 e. The molecule has 0 radical (unpaired) electrons. The molecule has 29 heavy (non-hydrogen) atoms. The number of fused-ring (bicyclic) bond motifs is 2. The van der Waals surface area contributed by atoms with Crippen LogP contribution >= 0.6 is 0 Å². The number of likely N-dealkylation sites (N-methyl/N-ethyl adjacent to an activating group) is 1. The average Bonchev–Trinajstić information content (AvgIpc) is 2.66. The molecule has 1 aliphatic carbocycles. The minimum Gasteiger partial charge on any atom is -0.508 e.